The highest BCUT2D eigenvalue weighted by Crippen LogP contribution is 2.23. The van der Waals surface area contributed by atoms with Crippen LogP contribution in [0.3, 0.4) is 0 Å². The van der Waals surface area contributed by atoms with Gasteiger partial charge in [0.05, 0.1) is 17.2 Å². The van der Waals surface area contributed by atoms with Gasteiger partial charge in [0.2, 0.25) is 5.91 Å². The van der Waals surface area contributed by atoms with E-state index in [0.717, 1.165) is 5.56 Å². The van der Waals surface area contributed by atoms with Gasteiger partial charge in [-0.2, -0.15) is 0 Å². The molecule has 2 aromatic rings. The standard InChI is InChI=1S/C21H20Cl2N2O3/c1-28-17-4-2-3-16(14-17)21(27)25-11-9-24(10-12-25)20(26)8-6-15-5-7-18(22)19(23)13-15/h2-8,13-14H,9-12H2,1H3/b8-6+. The van der Waals surface area contributed by atoms with E-state index in [2.05, 4.69) is 0 Å². The molecule has 2 amide bonds. The van der Waals surface area contributed by atoms with Crippen molar-refractivity contribution in [2.24, 2.45) is 0 Å². The fourth-order valence-electron chi connectivity index (χ4n) is 2.96. The number of methoxy groups -OCH3 is 1. The normalized spacial score (nSPS) is 14.4. The molecule has 5 nitrogen and oxygen atoms in total. The molecule has 1 heterocycles. The molecule has 0 radical (unpaired) electrons. The third-order valence-electron chi connectivity index (χ3n) is 4.56. The van der Waals surface area contributed by atoms with Crippen molar-refractivity contribution in [3.05, 3.63) is 69.7 Å². The molecule has 2 aromatic carbocycles. The van der Waals surface area contributed by atoms with Crippen LogP contribution in [0.15, 0.2) is 48.5 Å². The molecule has 0 N–H and O–H groups in total. The van der Waals surface area contributed by atoms with E-state index in [9.17, 15) is 9.59 Å². The van der Waals surface area contributed by atoms with Crippen molar-refractivity contribution in [2.75, 3.05) is 33.3 Å². The second-order valence-electron chi connectivity index (χ2n) is 6.36. The lowest BCUT2D eigenvalue weighted by Gasteiger charge is -2.34. The summed E-state index contributed by atoms with van der Waals surface area (Å²) in [6.07, 6.45) is 3.22. The molecule has 0 unspecified atom stereocenters. The van der Waals surface area contributed by atoms with Crippen molar-refractivity contribution in [3.63, 3.8) is 0 Å². The zero-order valence-electron chi connectivity index (χ0n) is 15.4. The summed E-state index contributed by atoms with van der Waals surface area (Å²) in [6, 6.07) is 12.3. The van der Waals surface area contributed by atoms with Gasteiger partial charge in [-0.25, -0.2) is 0 Å². The van der Waals surface area contributed by atoms with Crippen LogP contribution in [0.25, 0.3) is 6.08 Å². The number of nitrogens with zero attached hydrogens (tertiary/aromatic N) is 2. The Kier molecular flexibility index (Phi) is 6.60. The van der Waals surface area contributed by atoms with Crippen LogP contribution in [0.5, 0.6) is 5.75 Å². The van der Waals surface area contributed by atoms with Gasteiger partial charge >= 0.3 is 0 Å². The fourth-order valence-corrected chi connectivity index (χ4v) is 3.26. The Labute approximate surface area is 174 Å². The molecule has 0 spiro atoms. The Morgan fingerprint density at radius 3 is 2.36 bits per heavy atom. The van der Waals surface area contributed by atoms with Crippen LogP contribution >= 0.6 is 23.2 Å². The number of hydrogen-bond acceptors (Lipinski definition) is 3. The number of amides is 2. The van der Waals surface area contributed by atoms with E-state index in [-0.39, 0.29) is 11.8 Å². The van der Waals surface area contributed by atoms with Gasteiger partial charge in [-0.15, -0.1) is 0 Å². The van der Waals surface area contributed by atoms with Gasteiger partial charge in [-0.1, -0.05) is 35.3 Å². The first-order valence-corrected chi connectivity index (χ1v) is 9.59. The van der Waals surface area contributed by atoms with Crippen LogP contribution in [0.1, 0.15) is 15.9 Å². The number of piperazine rings is 1. The zero-order valence-corrected chi connectivity index (χ0v) is 16.9. The summed E-state index contributed by atoms with van der Waals surface area (Å²) in [5.41, 5.74) is 1.38. The van der Waals surface area contributed by atoms with Crippen LogP contribution in [-0.4, -0.2) is 54.9 Å². The van der Waals surface area contributed by atoms with Gasteiger partial charge in [0.1, 0.15) is 5.75 Å². The first-order valence-electron chi connectivity index (χ1n) is 8.83. The van der Waals surface area contributed by atoms with E-state index < -0.39 is 0 Å². The number of halogens is 2. The Bertz CT molecular complexity index is 906. The number of benzene rings is 2. The number of carbonyl (C=O) groups excluding carboxylic acids is 2. The second kappa shape index (κ2) is 9.13. The van der Waals surface area contributed by atoms with Gasteiger partial charge in [0, 0.05) is 37.8 Å². The highest BCUT2D eigenvalue weighted by molar-refractivity contribution is 6.42. The molecule has 7 heteroatoms. The smallest absolute Gasteiger partial charge is 0.254 e. The highest BCUT2D eigenvalue weighted by atomic mass is 35.5. The molecule has 1 aliphatic heterocycles. The molecule has 0 bridgehead atoms. The Morgan fingerprint density at radius 2 is 1.68 bits per heavy atom. The molecule has 28 heavy (non-hydrogen) atoms. The highest BCUT2D eigenvalue weighted by Gasteiger charge is 2.24. The number of rotatable bonds is 4. The van der Waals surface area contributed by atoms with Gasteiger partial charge in [-0.05, 0) is 42.0 Å². The third kappa shape index (κ3) is 4.86. The van der Waals surface area contributed by atoms with Crippen LogP contribution in [-0.2, 0) is 4.79 Å². The van der Waals surface area contributed by atoms with Crippen molar-refractivity contribution in [3.8, 4) is 5.75 Å². The van der Waals surface area contributed by atoms with E-state index in [1.54, 1.807) is 65.5 Å². The minimum Gasteiger partial charge on any atom is -0.497 e. The van der Waals surface area contributed by atoms with Crippen molar-refractivity contribution >= 4 is 41.1 Å². The van der Waals surface area contributed by atoms with Gasteiger partial charge < -0.3 is 14.5 Å². The lowest BCUT2D eigenvalue weighted by Crippen LogP contribution is -2.50. The molecule has 0 saturated carbocycles. The quantitative estimate of drug-likeness (QED) is 0.704. The largest absolute Gasteiger partial charge is 0.497 e. The van der Waals surface area contributed by atoms with E-state index in [1.807, 2.05) is 0 Å². The van der Waals surface area contributed by atoms with Crippen molar-refractivity contribution in [1.82, 2.24) is 9.80 Å². The summed E-state index contributed by atoms with van der Waals surface area (Å²) in [5, 5.41) is 0.919. The van der Waals surface area contributed by atoms with Crippen molar-refractivity contribution in [1.29, 1.82) is 0 Å². The summed E-state index contributed by atoms with van der Waals surface area (Å²) in [5.74, 6) is 0.490. The number of ether oxygens (including phenoxy) is 1. The fraction of sp³-hybridized carbons (Fsp3) is 0.238. The maximum atomic E-state index is 12.6. The summed E-state index contributed by atoms with van der Waals surface area (Å²) >= 11 is 11.9. The summed E-state index contributed by atoms with van der Waals surface area (Å²) in [4.78, 5) is 28.5. The SMILES string of the molecule is COc1cccc(C(=O)N2CCN(C(=O)/C=C/c3ccc(Cl)c(Cl)c3)CC2)c1. The molecule has 1 aliphatic rings. The Balaban J connectivity index is 1.56. The average Bonchev–Trinajstić information content (AvgIpc) is 2.74. The minimum absolute atomic E-state index is 0.0580. The van der Waals surface area contributed by atoms with E-state index in [0.29, 0.717) is 47.5 Å². The Morgan fingerprint density at radius 1 is 0.964 bits per heavy atom. The Hall–Kier alpha value is -2.50. The molecular formula is C21H20Cl2N2O3. The first-order chi connectivity index (χ1) is 13.5. The summed E-state index contributed by atoms with van der Waals surface area (Å²) in [6.45, 7) is 1.95. The second-order valence-corrected chi connectivity index (χ2v) is 7.17. The molecule has 1 fully saturated rings. The van der Waals surface area contributed by atoms with Gasteiger partial charge in [0.25, 0.3) is 5.91 Å². The average molecular weight is 419 g/mol. The molecule has 3 rings (SSSR count). The van der Waals surface area contributed by atoms with Crippen molar-refractivity contribution < 1.29 is 14.3 Å². The molecule has 1 saturated heterocycles. The van der Waals surface area contributed by atoms with Crippen LogP contribution in [0.4, 0.5) is 0 Å². The monoisotopic (exact) mass is 418 g/mol. The van der Waals surface area contributed by atoms with Crippen molar-refractivity contribution in [2.45, 2.75) is 0 Å². The van der Waals surface area contributed by atoms with Gasteiger partial charge in [-0.3, -0.25) is 9.59 Å². The molecule has 0 aliphatic carbocycles. The predicted octanol–water partition coefficient (Wildman–Crippen LogP) is 4.00. The predicted molar refractivity (Wildman–Crippen MR) is 111 cm³/mol. The topological polar surface area (TPSA) is 49.9 Å². The molecule has 146 valence electrons. The zero-order chi connectivity index (χ0) is 20.1. The molecular weight excluding hydrogens is 399 g/mol. The van der Waals surface area contributed by atoms with Crippen LogP contribution < -0.4 is 4.74 Å². The van der Waals surface area contributed by atoms with Crippen LogP contribution in [0.2, 0.25) is 10.0 Å². The first kappa shape index (κ1) is 20.2. The summed E-state index contributed by atoms with van der Waals surface area (Å²) in [7, 11) is 1.57. The van der Waals surface area contributed by atoms with E-state index in [1.165, 1.54) is 6.08 Å². The van der Waals surface area contributed by atoms with E-state index in [4.69, 9.17) is 27.9 Å². The minimum atomic E-state index is -0.0976. The summed E-state index contributed by atoms with van der Waals surface area (Å²) < 4.78 is 5.17. The maximum Gasteiger partial charge on any atom is 0.254 e. The number of carbonyl (C=O) groups is 2. The lowest BCUT2D eigenvalue weighted by molar-refractivity contribution is -0.127. The lowest BCUT2D eigenvalue weighted by atomic mass is 10.1. The van der Waals surface area contributed by atoms with Crippen LogP contribution in [0, 0.1) is 0 Å². The maximum absolute atomic E-state index is 12.6. The number of hydrogen-bond donors (Lipinski definition) is 0. The van der Waals surface area contributed by atoms with E-state index >= 15 is 0 Å². The molecule has 0 aromatic heterocycles. The van der Waals surface area contributed by atoms with Gasteiger partial charge in [0.15, 0.2) is 0 Å². The third-order valence-corrected chi connectivity index (χ3v) is 5.30. The molecule has 0 atom stereocenters.